The summed E-state index contributed by atoms with van der Waals surface area (Å²) in [4.78, 5) is 3.26. The predicted octanol–water partition coefficient (Wildman–Crippen LogP) is 5.11. The number of rotatable bonds is 2. The third-order valence-electron chi connectivity index (χ3n) is 2.99. The van der Waals surface area contributed by atoms with E-state index in [1.807, 2.05) is 0 Å². The van der Waals surface area contributed by atoms with Gasteiger partial charge in [0.15, 0.2) is 4.77 Å². The second kappa shape index (κ2) is 5.38. The lowest BCUT2D eigenvalue weighted by molar-refractivity contribution is 0.810. The molecule has 1 N–H and O–H groups in total. The van der Waals surface area contributed by atoms with Gasteiger partial charge in [0, 0.05) is 8.04 Å². The number of halogens is 2. The first-order chi connectivity index (χ1) is 9.13. The van der Waals surface area contributed by atoms with Gasteiger partial charge >= 0.3 is 0 Å². The van der Waals surface area contributed by atoms with Crippen molar-refractivity contribution in [1.29, 1.82) is 0 Å². The van der Waals surface area contributed by atoms with Gasteiger partial charge in [0.2, 0.25) is 0 Å². The van der Waals surface area contributed by atoms with Crippen molar-refractivity contribution in [1.82, 2.24) is 9.55 Å². The van der Waals surface area contributed by atoms with Crippen LogP contribution in [0.4, 0.5) is 0 Å². The maximum Gasteiger partial charge on any atom is 0.178 e. The highest BCUT2D eigenvalue weighted by Crippen LogP contribution is 2.19. The van der Waals surface area contributed by atoms with E-state index in [-0.39, 0.29) is 0 Å². The van der Waals surface area contributed by atoms with Crippen LogP contribution in [-0.2, 0) is 6.54 Å². The lowest BCUT2D eigenvalue weighted by Crippen LogP contribution is -1.99. The van der Waals surface area contributed by atoms with E-state index in [1.54, 1.807) is 0 Å². The summed E-state index contributed by atoms with van der Waals surface area (Å²) in [6.45, 7) is 0.784. The molecule has 0 saturated carbocycles. The van der Waals surface area contributed by atoms with Gasteiger partial charge in [-0.1, -0.05) is 28.1 Å². The number of H-pyrrole nitrogens is 1. The molecule has 1 heterocycles. The fourth-order valence-corrected chi connectivity index (χ4v) is 3.09. The maximum absolute atomic E-state index is 5.42. The molecule has 0 atom stereocenters. The molecule has 2 nitrogen and oxygen atoms in total. The SMILES string of the molecule is S=c1[nH]c2cc(I)ccc2n1Cc1ccc(Br)cc1. The number of imidazole rings is 1. The van der Waals surface area contributed by atoms with E-state index < -0.39 is 0 Å². The average Bonchev–Trinajstić information content (AvgIpc) is 2.68. The van der Waals surface area contributed by atoms with Gasteiger partial charge in [-0.15, -0.1) is 0 Å². The minimum atomic E-state index is 0.764. The van der Waals surface area contributed by atoms with Crippen LogP contribution in [0, 0.1) is 8.34 Å². The number of aromatic nitrogens is 2. The number of nitrogens with one attached hydrogen (secondary N) is 1. The van der Waals surface area contributed by atoms with Crippen LogP contribution in [0.1, 0.15) is 5.56 Å². The summed E-state index contributed by atoms with van der Waals surface area (Å²) in [6, 6.07) is 14.7. The molecule has 19 heavy (non-hydrogen) atoms. The number of nitrogens with zero attached hydrogens (tertiary/aromatic N) is 1. The third kappa shape index (κ3) is 2.78. The van der Waals surface area contributed by atoms with Crippen LogP contribution in [0.25, 0.3) is 11.0 Å². The number of hydrogen-bond donors (Lipinski definition) is 1. The zero-order valence-electron chi connectivity index (χ0n) is 9.86. The Hall–Kier alpha value is -0.660. The Morgan fingerprint density at radius 1 is 1.16 bits per heavy atom. The monoisotopic (exact) mass is 444 g/mol. The van der Waals surface area contributed by atoms with E-state index >= 15 is 0 Å². The minimum absolute atomic E-state index is 0.764. The molecular formula is C14H10BrIN2S. The van der Waals surface area contributed by atoms with Gasteiger partial charge in [0.05, 0.1) is 17.6 Å². The van der Waals surface area contributed by atoms with E-state index in [1.165, 1.54) is 9.13 Å². The molecule has 0 saturated heterocycles. The normalized spacial score (nSPS) is 11.1. The zero-order valence-corrected chi connectivity index (χ0v) is 14.4. The van der Waals surface area contributed by atoms with Crippen LogP contribution in [0.2, 0.25) is 0 Å². The van der Waals surface area contributed by atoms with E-state index in [4.69, 9.17) is 12.2 Å². The largest absolute Gasteiger partial charge is 0.331 e. The van der Waals surface area contributed by atoms with Crippen molar-refractivity contribution < 1.29 is 0 Å². The molecule has 0 fully saturated rings. The van der Waals surface area contributed by atoms with Gasteiger partial charge in [0.25, 0.3) is 0 Å². The number of fused-ring (bicyclic) bond motifs is 1. The molecule has 96 valence electrons. The molecule has 0 aliphatic carbocycles. The van der Waals surface area contributed by atoms with Gasteiger partial charge in [-0.3, -0.25) is 0 Å². The summed E-state index contributed by atoms with van der Waals surface area (Å²) < 4.78 is 5.19. The van der Waals surface area contributed by atoms with Crippen molar-refractivity contribution >= 4 is 61.8 Å². The minimum Gasteiger partial charge on any atom is -0.331 e. The molecule has 0 unspecified atom stereocenters. The first-order valence-electron chi connectivity index (χ1n) is 5.76. The molecule has 3 rings (SSSR count). The highest BCUT2D eigenvalue weighted by molar-refractivity contribution is 14.1. The van der Waals surface area contributed by atoms with Crippen molar-refractivity contribution in [2.24, 2.45) is 0 Å². The maximum atomic E-state index is 5.42. The Labute approximate surface area is 138 Å². The summed E-state index contributed by atoms with van der Waals surface area (Å²) in [7, 11) is 0. The lowest BCUT2D eigenvalue weighted by Gasteiger charge is -2.05. The number of benzene rings is 2. The number of aromatic amines is 1. The first kappa shape index (κ1) is 13.3. The van der Waals surface area contributed by atoms with E-state index in [0.29, 0.717) is 0 Å². The lowest BCUT2D eigenvalue weighted by atomic mass is 10.2. The molecule has 0 spiro atoms. The van der Waals surface area contributed by atoms with Crippen molar-refractivity contribution in [3.05, 3.63) is 60.8 Å². The standard InChI is InChI=1S/C14H10BrIN2S/c15-10-3-1-9(2-4-10)8-18-13-6-5-11(16)7-12(13)17-14(18)19/h1-7H,8H2,(H,17,19). The van der Waals surface area contributed by atoms with E-state index in [9.17, 15) is 0 Å². The molecule has 0 bridgehead atoms. The van der Waals surface area contributed by atoms with E-state index in [0.717, 1.165) is 26.8 Å². The van der Waals surface area contributed by atoms with Crippen molar-refractivity contribution in [3.8, 4) is 0 Å². The fraction of sp³-hybridized carbons (Fsp3) is 0.0714. The zero-order chi connectivity index (χ0) is 13.4. The highest BCUT2D eigenvalue weighted by atomic mass is 127. The second-order valence-electron chi connectivity index (χ2n) is 4.30. The Kier molecular flexibility index (Phi) is 3.77. The Morgan fingerprint density at radius 2 is 1.89 bits per heavy atom. The summed E-state index contributed by atoms with van der Waals surface area (Å²) in [5.74, 6) is 0. The van der Waals surface area contributed by atoms with E-state index in [2.05, 4.69) is 90.5 Å². The van der Waals surface area contributed by atoms with Crippen molar-refractivity contribution in [2.45, 2.75) is 6.54 Å². The highest BCUT2D eigenvalue weighted by Gasteiger charge is 2.05. The van der Waals surface area contributed by atoms with Gasteiger partial charge in [0.1, 0.15) is 0 Å². The topological polar surface area (TPSA) is 20.7 Å². The van der Waals surface area contributed by atoms with Crippen molar-refractivity contribution in [3.63, 3.8) is 0 Å². The Bertz CT molecular complexity index is 789. The van der Waals surface area contributed by atoms with Gasteiger partial charge in [-0.25, -0.2) is 0 Å². The van der Waals surface area contributed by atoms with Gasteiger partial charge in [-0.05, 0) is 70.7 Å². The van der Waals surface area contributed by atoms with Crippen LogP contribution >= 0.6 is 50.7 Å². The summed E-state index contributed by atoms with van der Waals surface area (Å²) in [5, 5.41) is 0. The molecule has 0 amide bonds. The first-order valence-corrected chi connectivity index (χ1v) is 8.04. The molecule has 3 aromatic rings. The van der Waals surface area contributed by atoms with Crippen LogP contribution in [-0.4, -0.2) is 9.55 Å². The van der Waals surface area contributed by atoms with Crippen LogP contribution in [0.3, 0.4) is 0 Å². The quantitative estimate of drug-likeness (QED) is 0.430. The molecule has 0 aliphatic rings. The van der Waals surface area contributed by atoms with Gasteiger partial charge < -0.3 is 9.55 Å². The van der Waals surface area contributed by atoms with Crippen LogP contribution in [0.5, 0.6) is 0 Å². The molecule has 5 heteroatoms. The third-order valence-corrected chi connectivity index (χ3v) is 4.51. The number of hydrogen-bond acceptors (Lipinski definition) is 1. The molecule has 0 aliphatic heterocycles. The Balaban J connectivity index is 2.07. The van der Waals surface area contributed by atoms with Crippen LogP contribution < -0.4 is 0 Å². The summed E-state index contributed by atoms with van der Waals surface area (Å²) in [6.07, 6.45) is 0. The molecule has 0 radical (unpaired) electrons. The predicted molar refractivity (Wildman–Crippen MR) is 93.1 cm³/mol. The van der Waals surface area contributed by atoms with Gasteiger partial charge in [-0.2, -0.15) is 0 Å². The second-order valence-corrected chi connectivity index (χ2v) is 6.85. The molecule has 2 aromatic carbocycles. The Morgan fingerprint density at radius 3 is 2.63 bits per heavy atom. The molecule has 1 aromatic heterocycles. The summed E-state index contributed by atoms with van der Waals surface area (Å²) in [5.41, 5.74) is 3.47. The smallest absolute Gasteiger partial charge is 0.178 e. The average molecular weight is 445 g/mol. The fourth-order valence-electron chi connectivity index (χ4n) is 2.07. The summed E-state index contributed by atoms with van der Waals surface area (Å²) >= 11 is 11.2. The van der Waals surface area contributed by atoms with Crippen molar-refractivity contribution in [2.75, 3.05) is 0 Å². The van der Waals surface area contributed by atoms with Crippen LogP contribution in [0.15, 0.2) is 46.9 Å². The molecular weight excluding hydrogens is 435 g/mol.